The number of hydrogen-bond acceptors (Lipinski definition) is 6. The largest absolute Gasteiger partial charge is 0.497 e. The van der Waals surface area contributed by atoms with Crippen LogP contribution in [0.25, 0.3) is 0 Å². The number of nitrogens with zero attached hydrogens (tertiary/aromatic N) is 1. The molecule has 6 nitrogen and oxygen atoms in total. The molecule has 1 aromatic heterocycles. The minimum Gasteiger partial charge on any atom is -0.497 e. The van der Waals surface area contributed by atoms with Crippen LogP contribution in [-0.2, 0) is 17.9 Å². The summed E-state index contributed by atoms with van der Waals surface area (Å²) in [6, 6.07) is 7.75. The number of piperidine rings is 1. The predicted octanol–water partition coefficient (Wildman–Crippen LogP) is 2.88. The maximum absolute atomic E-state index is 11.6. The third-order valence-corrected chi connectivity index (χ3v) is 5.41. The van der Waals surface area contributed by atoms with Crippen LogP contribution in [-0.4, -0.2) is 29.6 Å². The van der Waals surface area contributed by atoms with Crippen molar-refractivity contribution in [3.05, 3.63) is 40.3 Å². The van der Waals surface area contributed by atoms with E-state index < -0.39 is 0 Å². The van der Waals surface area contributed by atoms with Crippen molar-refractivity contribution in [2.45, 2.75) is 51.4 Å². The van der Waals surface area contributed by atoms with Crippen molar-refractivity contribution in [3.8, 4) is 11.5 Å². The van der Waals surface area contributed by atoms with E-state index in [2.05, 4.69) is 29.5 Å². The van der Waals surface area contributed by atoms with Gasteiger partial charge in [0.15, 0.2) is 0 Å². The van der Waals surface area contributed by atoms with Gasteiger partial charge in [-0.3, -0.25) is 4.79 Å². The molecule has 0 spiro atoms. The van der Waals surface area contributed by atoms with Gasteiger partial charge in [0.05, 0.1) is 12.8 Å². The van der Waals surface area contributed by atoms with Crippen molar-refractivity contribution in [2.24, 2.45) is 0 Å². The fraction of sp³-hybridized carbons (Fsp3) is 0.474. The number of carbonyl (C=O) groups is 1. The molecular formula is C19H25N3O3S. The topological polar surface area (TPSA) is 72.5 Å². The maximum Gasteiger partial charge on any atom is 0.220 e. The molecule has 7 heteroatoms. The van der Waals surface area contributed by atoms with Crippen molar-refractivity contribution in [1.29, 1.82) is 0 Å². The molecule has 26 heavy (non-hydrogen) atoms. The number of ether oxygens (including phenoxy) is 2. The van der Waals surface area contributed by atoms with E-state index in [9.17, 15) is 4.79 Å². The maximum atomic E-state index is 11.6. The molecule has 1 atom stereocenters. The minimum atomic E-state index is -0.244. The summed E-state index contributed by atoms with van der Waals surface area (Å²) in [5.41, 5.74) is 0.752. The van der Waals surface area contributed by atoms with Crippen LogP contribution in [0.1, 0.15) is 37.4 Å². The molecule has 1 unspecified atom stereocenters. The summed E-state index contributed by atoms with van der Waals surface area (Å²) >= 11 is 1.59. The van der Waals surface area contributed by atoms with Gasteiger partial charge in [0, 0.05) is 29.9 Å². The Labute approximate surface area is 157 Å². The lowest BCUT2D eigenvalue weighted by Gasteiger charge is -2.39. The van der Waals surface area contributed by atoms with Gasteiger partial charge in [-0.1, -0.05) is 0 Å². The smallest absolute Gasteiger partial charge is 0.220 e. The summed E-state index contributed by atoms with van der Waals surface area (Å²) < 4.78 is 10.9. The van der Waals surface area contributed by atoms with E-state index in [4.69, 9.17) is 9.47 Å². The first-order valence-corrected chi connectivity index (χ1v) is 9.59. The summed E-state index contributed by atoms with van der Waals surface area (Å²) in [4.78, 5) is 16.2. The molecule has 140 valence electrons. The quantitative estimate of drug-likeness (QED) is 0.779. The fourth-order valence-electron chi connectivity index (χ4n) is 3.04. The third-order valence-electron chi connectivity index (χ3n) is 4.54. The zero-order valence-electron chi connectivity index (χ0n) is 15.4. The van der Waals surface area contributed by atoms with Gasteiger partial charge in [0.1, 0.15) is 23.1 Å². The number of rotatable bonds is 7. The molecule has 1 aromatic carbocycles. The molecule has 0 radical (unpaired) electrons. The molecule has 1 amide bonds. The van der Waals surface area contributed by atoms with Crippen molar-refractivity contribution in [2.75, 3.05) is 7.11 Å². The number of nitrogens with one attached hydrogen (secondary N) is 2. The van der Waals surface area contributed by atoms with E-state index in [0.29, 0.717) is 19.6 Å². The molecule has 0 bridgehead atoms. The molecule has 1 fully saturated rings. The van der Waals surface area contributed by atoms with Crippen molar-refractivity contribution >= 4 is 17.2 Å². The number of aromatic nitrogens is 1. The van der Waals surface area contributed by atoms with Gasteiger partial charge in [0.25, 0.3) is 0 Å². The second-order valence-corrected chi connectivity index (χ2v) is 7.88. The van der Waals surface area contributed by atoms with E-state index in [1.54, 1.807) is 18.4 Å². The molecule has 1 saturated heterocycles. The first-order chi connectivity index (χ1) is 12.5. The minimum absolute atomic E-state index is 0.125. The number of benzene rings is 1. The van der Waals surface area contributed by atoms with Crippen molar-refractivity contribution in [3.63, 3.8) is 0 Å². The Morgan fingerprint density at radius 3 is 2.73 bits per heavy atom. The highest BCUT2D eigenvalue weighted by Crippen LogP contribution is 2.21. The normalized spacial score (nSPS) is 19.0. The third kappa shape index (κ3) is 4.74. The number of thiazole rings is 1. The molecule has 1 aliphatic rings. The molecule has 0 saturated carbocycles. The lowest BCUT2D eigenvalue weighted by atomic mass is 9.87. The van der Waals surface area contributed by atoms with Crippen LogP contribution >= 0.6 is 11.3 Å². The molecule has 2 N–H and O–H groups in total. The van der Waals surface area contributed by atoms with Gasteiger partial charge in [0.2, 0.25) is 5.91 Å². The molecule has 2 heterocycles. The fourth-order valence-corrected chi connectivity index (χ4v) is 3.75. The average molecular weight is 375 g/mol. The Kier molecular flexibility index (Phi) is 5.78. The van der Waals surface area contributed by atoms with E-state index >= 15 is 0 Å². The Balaban J connectivity index is 1.49. The highest BCUT2D eigenvalue weighted by molar-refractivity contribution is 7.09. The standard InChI is InChI=1S/C19H25N3O3S/c1-19(2)16(8-9-17(23)22-19)20-10-13-12-26-18(21-13)11-25-15-6-4-14(24-3)5-7-15/h4-7,12,16,20H,8-11H2,1-3H3,(H,22,23). The predicted molar refractivity (Wildman–Crippen MR) is 102 cm³/mol. The van der Waals surface area contributed by atoms with Gasteiger partial charge in [-0.15, -0.1) is 11.3 Å². The SMILES string of the molecule is COc1ccc(OCc2nc(CNC3CCC(=O)NC3(C)C)cs2)cc1. The zero-order valence-corrected chi connectivity index (χ0v) is 16.2. The van der Waals surface area contributed by atoms with Gasteiger partial charge in [-0.25, -0.2) is 4.98 Å². The average Bonchev–Trinajstić information content (AvgIpc) is 3.07. The van der Waals surface area contributed by atoms with Crippen LogP contribution in [0.3, 0.4) is 0 Å². The van der Waals surface area contributed by atoms with Crippen LogP contribution in [0.2, 0.25) is 0 Å². The molecule has 3 rings (SSSR count). The van der Waals surface area contributed by atoms with Gasteiger partial charge >= 0.3 is 0 Å². The first-order valence-electron chi connectivity index (χ1n) is 8.71. The number of amides is 1. The van der Waals surface area contributed by atoms with Crippen LogP contribution < -0.4 is 20.1 Å². The molecular weight excluding hydrogens is 350 g/mol. The molecule has 0 aliphatic carbocycles. The first kappa shape index (κ1) is 18.7. The van der Waals surface area contributed by atoms with Crippen LogP contribution in [0.15, 0.2) is 29.6 Å². The van der Waals surface area contributed by atoms with Crippen molar-refractivity contribution in [1.82, 2.24) is 15.6 Å². The Morgan fingerprint density at radius 1 is 1.31 bits per heavy atom. The van der Waals surface area contributed by atoms with Crippen LogP contribution in [0.5, 0.6) is 11.5 Å². The summed E-state index contributed by atoms with van der Waals surface area (Å²) in [5, 5.41) is 9.56. The number of carbonyl (C=O) groups excluding carboxylic acids is 1. The Bertz CT molecular complexity index is 743. The van der Waals surface area contributed by atoms with Gasteiger partial charge in [-0.05, 0) is 44.5 Å². The summed E-state index contributed by atoms with van der Waals surface area (Å²) in [6.45, 7) is 5.23. The van der Waals surface area contributed by atoms with Gasteiger partial charge in [-0.2, -0.15) is 0 Å². The summed E-state index contributed by atoms with van der Waals surface area (Å²) in [6.07, 6.45) is 1.41. The second-order valence-electron chi connectivity index (χ2n) is 6.94. The van der Waals surface area contributed by atoms with Crippen LogP contribution in [0.4, 0.5) is 0 Å². The molecule has 2 aromatic rings. The van der Waals surface area contributed by atoms with E-state index in [0.717, 1.165) is 28.6 Å². The Hall–Kier alpha value is -2.12. The van der Waals surface area contributed by atoms with E-state index in [1.807, 2.05) is 29.6 Å². The highest BCUT2D eigenvalue weighted by Gasteiger charge is 2.34. The van der Waals surface area contributed by atoms with Crippen molar-refractivity contribution < 1.29 is 14.3 Å². The molecule has 1 aliphatic heterocycles. The number of methoxy groups -OCH3 is 1. The number of hydrogen-bond donors (Lipinski definition) is 2. The van der Waals surface area contributed by atoms with Gasteiger partial charge < -0.3 is 20.1 Å². The summed E-state index contributed by atoms with van der Waals surface area (Å²) in [5.74, 6) is 1.72. The van der Waals surface area contributed by atoms with E-state index in [1.165, 1.54) is 0 Å². The highest BCUT2D eigenvalue weighted by atomic mass is 32.1. The lowest BCUT2D eigenvalue weighted by molar-refractivity contribution is -0.125. The lowest BCUT2D eigenvalue weighted by Crippen LogP contribution is -2.60. The Morgan fingerprint density at radius 2 is 2.04 bits per heavy atom. The van der Waals surface area contributed by atoms with E-state index in [-0.39, 0.29) is 17.5 Å². The monoisotopic (exact) mass is 375 g/mol. The zero-order chi connectivity index (χ0) is 18.6. The summed E-state index contributed by atoms with van der Waals surface area (Å²) in [7, 11) is 1.64. The van der Waals surface area contributed by atoms with Crippen LogP contribution in [0, 0.1) is 0 Å². The second kappa shape index (κ2) is 8.05.